The van der Waals surface area contributed by atoms with E-state index in [1.54, 1.807) is 0 Å². The molecule has 0 spiro atoms. The van der Waals surface area contributed by atoms with Gasteiger partial charge in [0.2, 0.25) is 0 Å². The fourth-order valence-electron chi connectivity index (χ4n) is 0.515. The van der Waals surface area contributed by atoms with Crippen LogP contribution in [0.15, 0.2) is 17.7 Å². The molecule has 0 nitrogen and oxygen atoms in total. The van der Waals surface area contributed by atoms with Crippen molar-refractivity contribution in [3.8, 4) is 0 Å². The first-order chi connectivity index (χ1) is 2.89. The summed E-state index contributed by atoms with van der Waals surface area (Å²) in [7, 11) is 0. The van der Waals surface area contributed by atoms with Crippen LogP contribution in [0.5, 0.6) is 0 Å². The van der Waals surface area contributed by atoms with E-state index in [1.165, 1.54) is 5.57 Å². The maximum Gasteiger partial charge on any atom is 4.00 e. The fraction of sp³-hybridized carbons (Fsp3) is 0.333. The summed E-state index contributed by atoms with van der Waals surface area (Å²) in [6.45, 7) is 2.06. The molecule has 0 fully saturated rings. The Morgan fingerprint density at radius 3 is 1.90 bits per heavy atom. The molecule has 10 heavy (non-hydrogen) atoms. The second-order valence-electron chi connectivity index (χ2n) is 1.47. The van der Waals surface area contributed by atoms with Gasteiger partial charge in [-0.15, -0.1) is 6.42 Å². The van der Waals surface area contributed by atoms with Crippen LogP contribution in [0.4, 0.5) is 0 Å². The van der Waals surface area contributed by atoms with E-state index in [4.69, 9.17) is 0 Å². The van der Waals surface area contributed by atoms with Crippen molar-refractivity contribution in [1.29, 1.82) is 0 Å². The van der Waals surface area contributed by atoms with Gasteiger partial charge in [-0.25, -0.2) is 11.6 Å². The molecule has 1 rings (SSSR count). The predicted octanol–water partition coefficient (Wildman–Crippen LogP) is -7.29. The van der Waals surface area contributed by atoms with Gasteiger partial charge in [0.05, 0.1) is 0 Å². The molecule has 0 radical (unpaired) electrons. The fourth-order valence-corrected chi connectivity index (χ4v) is 0.515. The zero-order chi connectivity index (χ0) is 4.41. The zero-order valence-corrected chi connectivity index (χ0v) is 7.06. The molecule has 0 aliphatic heterocycles. The molecule has 4 heteroatoms. The molecule has 0 amide bonds. The summed E-state index contributed by atoms with van der Waals surface area (Å²) < 4.78 is 0. The van der Waals surface area contributed by atoms with Gasteiger partial charge >= 0.3 is 21.7 Å². The van der Waals surface area contributed by atoms with Gasteiger partial charge < -0.3 is 14.1 Å². The number of hydrogen-bond donors (Lipinski definition) is 0. The minimum absolute atomic E-state index is 0. The normalized spacial score (nSPS) is 11.1. The van der Waals surface area contributed by atoms with Crippen molar-refractivity contribution in [3.63, 3.8) is 0 Å². The van der Waals surface area contributed by atoms with Gasteiger partial charge in [0, 0.05) is 0 Å². The topological polar surface area (TPSA) is 0 Å². The minimum atomic E-state index is 0. The van der Waals surface area contributed by atoms with Gasteiger partial charge in [0.25, 0.3) is 0 Å². The Balaban J connectivity index is -0.0000000450. The molecule has 0 aromatic rings. The Morgan fingerprint density at radius 1 is 1.30 bits per heavy atom. The molecule has 1 aliphatic carbocycles. The zero-order valence-electron chi connectivity index (χ0n) is 5.50. The summed E-state index contributed by atoms with van der Waals surface area (Å²) in [4.78, 5) is 0. The number of hydrogen-bond acceptors (Lipinski definition) is 0. The number of allylic oxidation sites excluding steroid dienone is 4. The van der Waals surface area contributed by atoms with Crippen LogP contribution in [0.3, 0.4) is 0 Å². The van der Waals surface area contributed by atoms with Crippen LogP contribution < -0.4 is 14.1 Å². The van der Waals surface area contributed by atoms with Crippen LogP contribution >= 0.6 is 0 Å². The maximum atomic E-state index is 3.12. The molecule has 0 aromatic heterocycles. The summed E-state index contributed by atoms with van der Waals surface area (Å²) in [6.07, 6.45) is 8.33. The first kappa shape index (κ1) is 22.5. The Bertz CT molecular complexity index is 107. The standard InChI is InChI=1S/C6H7.3FH.Ti/c1-6-4-2-3-5-6;;;;/h2,4H,3H2,1H3;3*1H;/q-1;;;;+4/p-3. The van der Waals surface area contributed by atoms with Crippen molar-refractivity contribution in [2.24, 2.45) is 0 Å². The maximum absolute atomic E-state index is 3.12. The first-order valence-electron chi connectivity index (χ1n) is 2.13. The third-order valence-electron chi connectivity index (χ3n) is 0.867. The Hall–Kier alpha value is -0.0157. The molecule has 0 heterocycles. The van der Waals surface area contributed by atoms with E-state index in [0.29, 0.717) is 0 Å². The molecule has 0 N–H and O–H groups in total. The van der Waals surface area contributed by atoms with Crippen LogP contribution in [0, 0.1) is 6.08 Å². The van der Waals surface area contributed by atoms with E-state index in [9.17, 15) is 0 Å². The van der Waals surface area contributed by atoms with E-state index >= 15 is 0 Å². The van der Waals surface area contributed by atoms with Crippen molar-refractivity contribution in [2.75, 3.05) is 0 Å². The largest absolute Gasteiger partial charge is 4.00 e. The predicted molar refractivity (Wildman–Crippen MR) is 26.2 cm³/mol. The number of rotatable bonds is 0. The quantitative estimate of drug-likeness (QED) is 0.259. The van der Waals surface area contributed by atoms with Crippen molar-refractivity contribution >= 4 is 0 Å². The molecule has 0 aromatic carbocycles. The second kappa shape index (κ2) is 11.7. The monoisotopic (exact) mass is 184 g/mol. The summed E-state index contributed by atoms with van der Waals surface area (Å²) >= 11 is 0. The van der Waals surface area contributed by atoms with Crippen LogP contribution in [0.2, 0.25) is 0 Å². The van der Waals surface area contributed by atoms with Gasteiger partial charge in [-0.1, -0.05) is 6.92 Å². The summed E-state index contributed by atoms with van der Waals surface area (Å²) in [5, 5.41) is 0. The molecule has 1 aliphatic rings. The van der Waals surface area contributed by atoms with Crippen LogP contribution in [0.25, 0.3) is 0 Å². The smallest absolute Gasteiger partial charge is 1.00 e. The van der Waals surface area contributed by atoms with E-state index in [2.05, 4.69) is 25.2 Å². The van der Waals surface area contributed by atoms with E-state index < -0.39 is 0 Å². The van der Waals surface area contributed by atoms with Gasteiger partial charge in [-0.2, -0.15) is 6.08 Å². The van der Waals surface area contributed by atoms with Crippen molar-refractivity contribution < 1.29 is 35.8 Å². The van der Waals surface area contributed by atoms with Crippen molar-refractivity contribution in [2.45, 2.75) is 13.3 Å². The number of halogens is 3. The Labute approximate surface area is 73.4 Å². The third kappa shape index (κ3) is 7.98. The summed E-state index contributed by atoms with van der Waals surface area (Å²) in [5.41, 5.74) is 1.27. The average molecular weight is 184 g/mol. The SMILES string of the molecule is CC1=[C-]CC=C1.[F-].[F-].[F-].[Ti+4]. The molecule has 0 unspecified atom stereocenters. The molecular weight excluding hydrogens is 177 g/mol. The third-order valence-corrected chi connectivity index (χ3v) is 0.867. The van der Waals surface area contributed by atoms with Gasteiger partial charge in [0.15, 0.2) is 0 Å². The molecule has 0 atom stereocenters. The molecule has 0 saturated carbocycles. The molecular formula is C6H7F3Ti. The molecule has 56 valence electrons. The van der Waals surface area contributed by atoms with Gasteiger partial charge in [-0.05, 0) is 0 Å². The molecule has 0 saturated heterocycles. The van der Waals surface area contributed by atoms with Crippen molar-refractivity contribution in [3.05, 3.63) is 23.8 Å². The average Bonchev–Trinajstić information content (AvgIpc) is 1.86. The Morgan fingerprint density at radius 2 is 1.80 bits per heavy atom. The van der Waals surface area contributed by atoms with Gasteiger partial charge in [-0.3, -0.25) is 6.08 Å². The summed E-state index contributed by atoms with van der Waals surface area (Å²) in [6, 6.07) is 0. The summed E-state index contributed by atoms with van der Waals surface area (Å²) in [5.74, 6) is 0. The van der Waals surface area contributed by atoms with Crippen molar-refractivity contribution in [1.82, 2.24) is 0 Å². The van der Waals surface area contributed by atoms with Crippen LogP contribution in [-0.4, -0.2) is 0 Å². The van der Waals surface area contributed by atoms with Crippen LogP contribution in [-0.2, 0) is 21.7 Å². The van der Waals surface area contributed by atoms with E-state index in [-0.39, 0.29) is 35.8 Å². The van der Waals surface area contributed by atoms with E-state index in [1.807, 2.05) is 0 Å². The first-order valence-corrected chi connectivity index (χ1v) is 2.13. The molecule has 0 bridgehead atoms. The Kier molecular flexibility index (Phi) is 26.4. The minimum Gasteiger partial charge on any atom is -1.00 e. The second-order valence-corrected chi connectivity index (χ2v) is 1.47. The van der Waals surface area contributed by atoms with Gasteiger partial charge in [0.1, 0.15) is 0 Å². The van der Waals surface area contributed by atoms with Crippen LogP contribution in [0.1, 0.15) is 13.3 Å². The van der Waals surface area contributed by atoms with E-state index in [0.717, 1.165) is 6.42 Å².